The number of aromatic nitrogens is 2. The van der Waals surface area contributed by atoms with E-state index in [0.717, 1.165) is 31.8 Å². The highest BCUT2D eigenvalue weighted by atomic mass is 16.2. The molecule has 1 aliphatic heterocycles. The first-order chi connectivity index (χ1) is 8.50. The number of hydrogen-bond acceptors (Lipinski definition) is 2. The van der Waals surface area contributed by atoms with Crippen molar-refractivity contribution in [3.05, 3.63) is 17.7 Å². The number of carbonyl (C=O) groups is 1. The van der Waals surface area contributed by atoms with Crippen molar-refractivity contribution in [2.24, 2.45) is 5.92 Å². The van der Waals surface area contributed by atoms with Crippen molar-refractivity contribution in [2.75, 3.05) is 13.1 Å². The Labute approximate surface area is 109 Å². The SMILES string of the molecule is Cc1cnc(C)n1C1CCN(C(=O)C(C)C)CC1. The van der Waals surface area contributed by atoms with E-state index in [1.165, 1.54) is 5.69 Å². The van der Waals surface area contributed by atoms with Gasteiger partial charge in [0.15, 0.2) is 0 Å². The molecular formula is C14H23N3O. The standard InChI is InChI=1S/C14H23N3O/c1-10(2)14(18)16-7-5-13(6-8-16)17-11(3)9-15-12(17)4/h9-10,13H,5-8H2,1-4H3. The first-order valence-corrected chi connectivity index (χ1v) is 6.80. The van der Waals surface area contributed by atoms with Gasteiger partial charge in [0.05, 0.1) is 0 Å². The fourth-order valence-electron chi connectivity index (χ4n) is 2.83. The maximum Gasteiger partial charge on any atom is 0.225 e. The molecule has 0 spiro atoms. The number of nitrogens with zero attached hydrogens (tertiary/aromatic N) is 3. The van der Waals surface area contributed by atoms with E-state index in [4.69, 9.17) is 0 Å². The number of hydrogen-bond donors (Lipinski definition) is 0. The third-order valence-electron chi connectivity index (χ3n) is 3.80. The van der Waals surface area contributed by atoms with Crippen LogP contribution in [0.1, 0.15) is 44.2 Å². The van der Waals surface area contributed by atoms with E-state index in [2.05, 4.69) is 23.4 Å². The average Bonchev–Trinajstić information content (AvgIpc) is 2.68. The van der Waals surface area contributed by atoms with Gasteiger partial charge in [0.25, 0.3) is 0 Å². The highest BCUT2D eigenvalue weighted by molar-refractivity contribution is 5.78. The van der Waals surface area contributed by atoms with Crippen molar-refractivity contribution in [3.63, 3.8) is 0 Å². The highest BCUT2D eigenvalue weighted by Gasteiger charge is 2.26. The fraction of sp³-hybridized carbons (Fsp3) is 0.714. The van der Waals surface area contributed by atoms with Crippen molar-refractivity contribution < 1.29 is 4.79 Å². The summed E-state index contributed by atoms with van der Waals surface area (Å²) in [6.45, 7) is 9.85. The number of amides is 1. The van der Waals surface area contributed by atoms with Crippen LogP contribution in [0, 0.1) is 19.8 Å². The number of aryl methyl sites for hydroxylation is 2. The summed E-state index contributed by atoms with van der Waals surface area (Å²) in [4.78, 5) is 18.3. The van der Waals surface area contributed by atoms with Gasteiger partial charge >= 0.3 is 0 Å². The molecule has 0 aliphatic carbocycles. The van der Waals surface area contributed by atoms with E-state index in [-0.39, 0.29) is 11.8 Å². The zero-order valence-electron chi connectivity index (χ0n) is 11.8. The molecule has 1 amide bonds. The molecule has 1 aromatic heterocycles. The van der Waals surface area contributed by atoms with Crippen LogP contribution in [0.15, 0.2) is 6.20 Å². The quantitative estimate of drug-likeness (QED) is 0.806. The summed E-state index contributed by atoms with van der Waals surface area (Å²) >= 11 is 0. The van der Waals surface area contributed by atoms with Gasteiger partial charge in [-0.15, -0.1) is 0 Å². The normalized spacial score (nSPS) is 17.5. The molecule has 1 aliphatic rings. The first-order valence-electron chi connectivity index (χ1n) is 6.80. The molecule has 0 aromatic carbocycles. The van der Waals surface area contributed by atoms with Gasteiger partial charge in [0, 0.05) is 36.9 Å². The molecule has 4 nitrogen and oxygen atoms in total. The Morgan fingerprint density at radius 1 is 1.33 bits per heavy atom. The summed E-state index contributed by atoms with van der Waals surface area (Å²) in [6, 6.07) is 0.503. The monoisotopic (exact) mass is 249 g/mol. The van der Waals surface area contributed by atoms with Crippen LogP contribution >= 0.6 is 0 Å². The molecule has 4 heteroatoms. The van der Waals surface area contributed by atoms with Crippen LogP contribution in [0.4, 0.5) is 0 Å². The van der Waals surface area contributed by atoms with E-state index in [9.17, 15) is 4.79 Å². The van der Waals surface area contributed by atoms with Crippen LogP contribution in [0.25, 0.3) is 0 Å². The van der Waals surface area contributed by atoms with E-state index < -0.39 is 0 Å². The van der Waals surface area contributed by atoms with Gasteiger partial charge in [-0.1, -0.05) is 13.8 Å². The summed E-state index contributed by atoms with van der Waals surface area (Å²) in [7, 11) is 0. The van der Waals surface area contributed by atoms with E-state index in [0.29, 0.717) is 6.04 Å². The van der Waals surface area contributed by atoms with Gasteiger partial charge in [-0.2, -0.15) is 0 Å². The molecule has 100 valence electrons. The van der Waals surface area contributed by atoms with Crippen LogP contribution in [-0.4, -0.2) is 33.4 Å². The minimum absolute atomic E-state index is 0.110. The Kier molecular flexibility index (Phi) is 3.73. The average molecular weight is 249 g/mol. The molecule has 18 heavy (non-hydrogen) atoms. The number of imidazole rings is 1. The van der Waals surface area contributed by atoms with Crippen molar-refractivity contribution in [2.45, 2.75) is 46.6 Å². The summed E-state index contributed by atoms with van der Waals surface area (Å²) in [5.74, 6) is 1.48. The Hall–Kier alpha value is -1.32. The number of piperidine rings is 1. The molecule has 0 atom stereocenters. The van der Waals surface area contributed by atoms with Crippen LogP contribution < -0.4 is 0 Å². The molecule has 0 saturated carbocycles. The van der Waals surface area contributed by atoms with Crippen molar-refractivity contribution in [1.82, 2.24) is 14.5 Å². The largest absolute Gasteiger partial charge is 0.342 e. The highest BCUT2D eigenvalue weighted by Crippen LogP contribution is 2.26. The molecular weight excluding hydrogens is 226 g/mol. The zero-order valence-corrected chi connectivity index (χ0v) is 11.8. The lowest BCUT2D eigenvalue weighted by molar-refractivity contribution is -0.135. The predicted molar refractivity (Wildman–Crippen MR) is 71.4 cm³/mol. The van der Waals surface area contributed by atoms with Crippen molar-refractivity contribution in [3.8, 4) is 0 Å². The maximum atomic E-state index is 11.9. The van der Waals surface area contributed by atoms with Gasteiger partial charge in [0.1, 0.15) is 5.82 Å². The van der Waals surface area contributed by atoms with Gasteiger partial charge in [0.2, 0.25) is 5.91 Å². The first kappa shape index (κ1) is 13.1. The number of rotatable bonds is 2. The van der Waals surface area contributed by atoms with E-state index >= 15 is 0 Å². The molecule has 1 saturated heterocycles. The summed E-state index contributed by atoms with van der Waals surface area (Å²) in [5, 5.41) is 0. The molecule has 1 fully saturated rings. The van der Waals surface area contributed by atoms with E-state index in [1.54, 1.807) is 0 Å². The molecule has 0 unspecified atom stereocenters. The summed E-state index contributed by atoms with van der Waals surface area (Å²) in [6.07, 6.45) is 4.01. The molecule has 2 heterocycles. The van der Waals surface area contributed by atoms with Gasteiger partial charge < -0.3 is 9.47 Å². The summed E-state index contributed by atoms with van der Waals surface area (Å²) < 4.78 is 2.32. The maximum absolute atomic E-state index is 11.9. The van der Waals surface area contributed by atoms with Crippen LogP contribution in [0.2, 0.25) is 0 Å². The lowest BCUT2D eigenvalue weighted by atomic mass is 10.0. The molecule has 0 bridgehead atoms. The second-order valence-corrected chi connectivity index (χ2v) is 5.53. The third-order valence-corrected chi connectivity index (χ3v) is 3.80. The minimum atomic E-state index is 0.110. The molecule has 0 N–H and O–H groups in total. The van der Waals surface area contributed by atoms with Crippen LogP contribution in [-0.2, 0) is 4.79 Å². The van der Waals surface area contributed by atoms with Crippen LogP contribution in [0.3, 0.4) is 0 Å². The van der Waals surface area contributed by atoms with Gasteiger partial charge in [-0.05, 0) is 26.7 Å². The Balaban J connectivity index is 2.01. The van der Waals surface area contributed by atoms with Crippen molar-refractivity contribution in [1.29, 1.82) is 0 Å². The van der Waals surface area contributed by atoms with E-state index in [1.807, 2.05) is 24.9 Å². The third kappa shape index (κ3) is 2.42. The summed E-state index contributed by atoms with van der Waals surface area (Å²) in [5.41, 5.74) is 1.22. The second-order valence-electron chi connectivity index (χ2n) is 5.53. The van der Waals surface area contributed by atoms with Gasteiger partial charge in [-0.3, -0.25) is 4.79 Å². The number of likely N-dealkylation sites (tertiary alicyclic amines) is 1. The van der Waals surface area contributed by atoms with Gasteiger partial charge in [-0.25, -0.2) is 4.98 Å². The second kappa shape index (κ2) is 5.12. The Morgan fingerprint density at radius 3 is 2.39 bits per heavy atom. The fourth-order valence-corrected chi connectivity index (χ4v) is 2.83. The topological polar surface area (TPSA) is 38.1 Å². The Morgan fingerprint density at radius 2 is 1.94 bits per heavy atom. The smallest absolute Gasteiger partial charge is 0.225 e. The predicted octanol–water partition coefficient (Wildman–Crippen LogP) is 2.32. The van der Waals surface area contributed by atoms with Crippen LogP contribution in [0.5, 0.6) is 0 Å². The Bertz CT molecular complexity index is 409. The molecule has 0 radical (unpaired) electrons. The zero-order chi connectivity index (χ0) is 13.3. The molecule has 1 aromatic rings. The molecule has 2 rings (SSSR count). The lowest BCUT2D eigenvalue weighted by Crippen LogP contribution is -2.41. The number of carbonyl (C=O) groups excluding carboxylic acids is 1. The minimum Gasteiger partial charge on any atom is -0.342 e. The lowest BCUT2D eigenvalue weighted by Gasteiger charge is -2.34. The van der Waals surface area contributed by atoms with Crippen molar-refractivity contribution >= 4 is 5.91 Å².